The third-order valence-electron chi connectivity index (χ3n) is 2.25. The van der Waals surface area contributed by atoms with Crippen molar-refractivity contribution >= 4 is 23.1 Å². The van der Waals surface area contributed by atoms with Gasteiger partial charge < -0.3 is 19.9 Å². The van der Waals surface area contributed by atoms with Gasteiger partial charge in [-0.15, -0.1) is 17.0 Å². The monoisotopic (exact) mass is 306 g/mol. The third-order valence-corrected chi connectivity index (χ3v) is 2.25. The van der Waals surface area contributed by atoms with Crippen LogP contribution in [0.3, 0.4) is 0 Å². The molecule has 1 heterocycles. The van der Waals surface area contributed by atoms with E-state index in [1.807, 2.05) is 31.5 Å². The van der Waals surface area contributed by atoms with Crippen LogP contribution in [-0.4, -0.2) is 30.2 Å². The normalized spacial score (nSPS) is 8.53. The minimum Gasteiger partial charge on any atom is -0.530 e. The second kappa shape index (κ2) is 7.89. The Hall–Kier alpha value is -1.30. The van der Waals surface area contributed by atoms with Gasteiger partial charge in [0.05, 0.1) is 0 Å². The fraction of sp³-hybridized carbons (Fsp3) is 0.455. The number of pyridine rings is 1. The molecule has 0 saturated heterocycles. The first kappa shape index (κ1) is 18.1. The van der Waals surface area contributed by atoms with E-state index in [4.69, 9.17) is 0 Å². The van der Waals surface area contributed by atoms with Gasteiger partial charge >= 0.3 is 0 Å². The summed E-state index contributed by atoms with van der Waals surface area (Å²) in [4.78, 5) is 10.5. The molecule has 0 radical (unpaired) electrons. The van der Waals surface area contributed by atoms with Crippen molar-refractivity contribution in [1.29, 1.82) is 0 Å². The van der Waals surface area contributed by atoms with Crippen LogP contribution in [0.1, 0.15) is 11.4 Å². The van der Waals surface area contributed by atoms with Crippen LogP contribution in [0.2, 0.25) is 0 Å². The molecule has 0 aliphatic rings. The number of carbonyl (C=O) groups is 1. The van der Waals surface area contributed by atoms with Gasteiger partial charge in [0.2, 0.25) is 5.69 Å². The number of aryl methyl sites for hydroxylation is 1. The summed E-state index contributed by atoms with van der Waals surface area (Å²) in [7, 11) is 4.76. The SMILES string of the molecule is Br.CN(C)C(=O)[O-].Cc1ccc(O)c(C)[n+]1C. The zero-order valence-electron chi connectivity index (χ0n) is 10.7. The van der Waals surface area contributed by atoms with Crippen LogP contribution in [0.15, 0.2) is 12.1 Å². The zero-order valence-corrected chi connectivity index (χ0v) is 12.4. The quantitative estimate of drug-likeness (QED) is 0.701. The van der Waals surface area contributed by atoms with Crippen LogP contribution >= 0.6 is 17.0 Å². The standard InChI is InChI=1S/C8H11NO.C3H7NO2.BrH/c1-6-4-5-8(10)7(2)9(6)3;1-4(2)3(5)6;/h4-5H,1-3H3;1-2H3,(H,5,6);1H. The Balaban J connectivity index is 0. The van der Waals surface area contributed by atoms with Crippen LogP contribution < -0.4 is 9.67 Å². The van der Waals surface area contributed by atoms with Crippen molar-refractivity contribution in [2.24, 2.45) is 7.05 Å². The second-order valence-electron chi connectivity index (χ2n) is 3.66. The maximum atomic E-state index is 9.51. The summed E-state index contributed by atoms with van der Waals surface area (Å²) < 4.78 is 1.95. The van der Waals surface area contributed by atoms with E-state index in [-0.39, 0.29) is 17.0 Å². The molecule has 0 aliphatic carbocycles. The number of aromatic hydroxyl groups is 1. The predicted molar refractivity (Wildman–Crippen MR) is 68.2 cm³/mol. The Morgan fingerprint density at radius 2 is 1.76 bits per heavy atom. The van der Waals surface area contributed by atoms with Crippen LogP contribution in [0.5, 0.6) is 5.75 Å². The van der Waals surface area contributed by atoms with Crippen molar-refractivity contribution in [1.82, 2.24) is 4.90 Å². The molecule has 0 bridgehead atoms. The number of carbonyl (C=O) groups excluding carboxylic acids is 1. The van der Waals surface area contributed by atoms with E-state index in [2.05, 4.69) is 0 Å². The lowest BCUT2D eigenvalue weighted by Crippen LogP contribution is -2.35. The number of rotatable bonds is 0. The van der Waals surface area contributed by atoms with E-state index in [9.17, 15) is 15.0 Å². The zero-order chi connectivity index (χ0) is 12.9. The molecule has 0 spiro atoms. The highest BCUT2D eigenvalue weighted by atomic mass is 79.9. The van der Waals surface area contributed by atoms with Gasteiger partial charge in [-0.05, 0) is 6.07 Å². The first-order chi connectivity index (χ1) is 7.27. The minimum absolute atomic E-state index is 0. The largest absolute Gasteiger partial charge is 0.530 e. The minimum atomic E-state index is -1.16. The molecule has 1 N–H and O–H groups in total. The summed E-state index contributed by atoms with van der Waals surface area (Å²) in [5.74, 6) is 0.355. The number of nitrogens with zero attached hydrogens (tertiary/aromatic N) is 2. The highest BCUT2D eigenvalue weighted by Crippen LogP contribution is 2.09. The first-order valence-corrected chi connectivity index (χ1v) is 4.80. The smallest absolute Gasteiger partial charge is 0.220 e. The van der Waals surface area contributed by atoms with E-state index < -0.39 is 6.09 Å². The number of amides is 1. The molecule has 0 atom stereocenters. The van der Waals surface area contributed by atoms with Crippen LogP contribution in [-0.2, 0) is 7.05 Å². The van der Waals surface area contributed by atoms with Crippen molar-refractivity contribution in [3.05, 3.63) is 23.5 Å². The number of aromatic nitrogens is 1. The number of hydrogen-bond donors (Lipinski definition) is 1. The van der Waals surface area contributed by atoms with Crippen molar-refractivity contribution in [3.63, 3.8) is 0 Å². The molecule has 5 nitrogen and oxygen atoms in total. The molecular weight excluding hydrogens is 288 g/mol. The first-order valence-electron chi connectivity index (χ1n) is 4.80. The Labute approximate surface area is 112 Å². The number of hydrogen-bond acceptors (Lipinski definition) is 3. The van der Waals surface area contributed by atoms with Gasteiger partial charge in [-0.3, -0.25) is 0 Å². The van der Waals surface area contributed by atoms with Crippen molar-refractivity contribution in [2.45, 2.75) is 13.8 Å². The molecule has 0 saturated carbocycles. The summed E-state index contributed by atoms with van der Waals surface area (Å²) >= 11 is 0. The fourth-order valence-electron chi connectivity index (χ4n) is 0.868. The number of carboxylic acid groups (broad SMARTS) is 1. The molecule has 17 heavy (non-hydrogen) atoms. The van der Waals surface area contributed by atoms with Crippen molar-refractivity contribution < 1.29 is 19.6 Å². The van der Waals surface area contributed by atoms with Gasteiger partial charge in [0.1, 0.15) is 13.1 Å². The third kappa shape index (κ3) is 6.11. The van der Waals surface area contributed by atoms with E-state index >= 15 is 0 Å². The Morgan fingerprint density at radius 3 is 2.06 bits per heavy atom. The Kier molecular flexibility index (Phi) is 8.39. The molecule has 1 amide bonds. The van der Waals surface area contributed by atoms with Crippen LogP contribution in [0.25, 0.3) is 0 Å². The molecule has 0 aromatic carbocycles. The lowest BCUT2D eigenvalue weighted by atomic mass is 10.3. The van der Waals surface area contributed by atoms with Gasteiger partial charge in [-0.2, -0.15) is 4.57 Å². The lowest BCUT2D eigenvalue weighted by Gasteiger charge is -2.10. The molecule has 0 unspecified atom stereocenters. The van der Waals surface area contributed by atoms with Gasteiger partial charge in [-0.25, -0.2) is 0 Å². The topological polar surface area (TPSA) is 67.5 Å². The highest BCUT2D eigenvalue weighted by Gasteiger charge is 2.08. The maximum Gasteiger partial charge on any atom is 0.220 e. The molecule has 98 valence electrons. The van der Waals surface area contributed by atoms with Gasteiger partial charge in [0, 0.05) is 34.0 Å². The summed E-state index contributed by atoms with van der Waals surface area (Å²) in [6.45, 7) is 3.90. The molecule has 1 aromatic heterocycles. The second-order valence-corrected chi connectivity index (χ2v) is 3.66. The van der Waals surface area contributed by atoms with E-state index in [0.29, 0.717) is 5.75 Å². The molecule has 1 aromatic rings. The molecule has 0 fully saturated rings. The van der Waals surface area contributed by atoms with E-state index in [1.165, 1.54) is 14.1 Å². The highest BCUT2D eigenvalue weighted by molar-refractivity contribution is 8.93. The molecule has 6 heteroatoms. The van der Waals surface area contributed by atoms with Gasteiger partial charge in [-0.1, -0.05) is 0 Å². The summed E-state index contributed by atoms with van der Waals surface area (Å²) in [6, 6.07) is 3.60. The van der Waals surface area contributed by atoms with Crippen molar-refractivity contribution in [2.75, 3.05) is 14.1 Å². The van der Waals surface area contributed by atoms with Gasteiger partial charge in [0.15, 0.2) is 11.4 Å². The van der Waals surface area contributed by atoms with E-state index in [1.54, 1.807) is 6.07 Å². The van der Waals surface area contributed by atoms with Crippen molar-refractivity contribution in [3.8, 4) is 5.75 Å². The number of halogens is 1. The summed E-state index contributed by atoms with van der Waals surface area (Å²) in [6.07, 6.45) is -1.16. The molecule has 1 rings (SSSR count). The predicted octanol–water partition coefficient (Wildman–Crippen LogP) is 0.303. The van der Waals surface area contributed by atoms with Crippen LogP contribution in [0.4, 0.5) is 4.79 Å². The lowest BCUT2D eigenvalue weighted by molar-refractivity contribution is -0.684. The molecular formula is C11H19BrN2O3. The van der Waals surface area contributed by atoms with Gasteiger partial charge in [0.25, 0.3) is 0 Å². The average molecular weight is 307 g/mol. The average Bonchev–Trinajstić information content (AvgIpc) is 2.21. The summed E-state index contributed by atoms with van der Waals surface area (Å²) in [5, 5.41) is 18.7. The Morgan fingerprint density at radius 1 is 1.35 bits per heavy atom. The molecule has 0 aliphatic heterocycles. The summed E-state index contributed by atoms with van der Waals surface area (Å²) in [5.41, 5.74) is 2.05. The van der Waals surface area contributed by atoms with E-state index in [0.717, 1.165) is 16.3 Å². The van der Waals surface area contributed by atoms with Crippen LogP contribution in [0, 0.1) is 13.8 Å². The maximum absolute atomic E-state index is 9.51. The fourth-order valence-corrected chi connectivity index (χ4v) is 0.868. The Bertz CT molecular complexity index is 354.